The highest BCUT2D eigenvalue weighted by Gasteiger charge is 2.19. The summed E-state index contributed by atoms with van der Waals surface area (Å²) in [6, 6.07) is 10.7. The molecule has 0 unspecified atom stereocenters. The Morgan fingerprint density at radius 3 is 2.50 bits per heavy atom. The summed E-state index contributed by atoms with van der Waals surface area (Å²) < 4.78 is 46.8. The number of halogens is 2. The number of anilines is 2. The van der Waals surface area contributed by atoms with Crippen molar-refractivity contribution in [3.63, 3.8) is 0 Å². The number of methoxy groups -OCH3 is 1. The van der Waals surface area contributed by atoms with Gasteiger partial charge in [-0.3, -0.25) is 4.72 Å². The fraction of sp³-hybridized carbons (Fsp3) is 0.111. The van der Waals surface area contributed by atoms with E-state index in [2.05, 4.69) is 20.0 Å². The van der Waals surface area contributed by atoms with Crippen LogP contribution in [0.15, 0.2) is 59.8 Å². The van der Waals surface area contributed by atoms with Crippen LogP contribution in [-0.4, -0.2) is 25.5 Å². The van der Waals surface area contributed by atoms with E-state index >= 15 is 0 Å². The molecule has 0 bridgehead atoms. The molecule has 0 spiro atoms. The fourth-order valence-corrected chi connectivity index (χ4v) is 3.86. The van der Waals surface area contributed by atoms with Crippen molar-refractivity contribution in [3.8, 4) is 6.01 Å². The van der Waals surface area contributed by atoms with Gasteiger partial charge in [0.15, 0.2) is 0 Å². The topological polar surface area (TPSA) is 93.2 Å². The van der Waals surface area contributed by atoms with Crippen LogP contribution in [0.4, 0.5) is 15.8 Å². The van der Waals surface area contributed by atoms with Gasteiger partial charge in [0.2, 0.25) is 0 Å². The van der Waals surface area contributed by atoms with Crippen LogP contribution in [0.2, 0.25) is 5.02 Å². The Kier molecular flexibility index (Phi) is 5.96. The summed E-state index contributed by atoms with van der Waals surface area (Å²) in [7, 11) is -2.54. The predicted molar refractivity (Wildman–Crippen MR) is 105 cm³/mol. The molecule has 3 aromatic rings. The van der Waals surface area contributed by atoms with Crippen LogP contribution in [0.5, 0.6) is 6.01 Å². The SMILES string of the molecule is COc1ncc(NS(=O)(=O)c2ccccc2NCc2c(F)cccc2Cl)cn1. The van der Waals surface area contributed by atoms with E-state index in [9.17, 15) is 12.8 Å². The quantitative estimate of drug-likeness (QED) is 0.603. The van der Waals surface area contributed by atoms with E-state index in [0.717, 1.165) is 0 Å². The predicted octanol–water partition coefficient (Wildman–Crippen LogP) is 3.69. The molecule has 0 radical (unpaired) electrons. The number of sulfonamides is 1. The lowest BCUT2D eigenvalue weighted by Crippen LogP contribution is -2.16. The number of aromatic nitrogens is 2. The van der Waals surface area contributed by atoms with Crippen LogP contribution in [0, 0.1) is 5.82 Å². The van der Waals surface area contributed by atoms with Gasteiger partial charge in [-0.05, 0) is 24.3 Å². The Bertz CT molecular complexity index is 1060. The first-order valence-electron chi connectivity index (χ1n) is 8.05. The molecule has 0 saturated carbocycles. The summed E-state index contributed by atoms with van der Waals surface area (Å²) in [6.45, 7) is 0.0175. The molecule has 0 aliphatic rings. The third-order valence-corrected chi connectivity index (χ3v) is 5.55. The van der Waals surface area contributed by atoms with Crippen molar-refractivity contribution < 1.29 is 17.5 Å². The zero-order chi connectivity index (χ0) is 20.1. The number of nitrogens with one attached hydrogen (secondary N) is 2. The summed E-state index contributed by atoms with van der Waals surface area (Å²) in [4.78, 5) is 7.71. The van der Waals surface area contributed by atoms with Crippen LogP contribution in [-0.2, 0) is 16.6 Å². The summed E-state index contributed by atoms with van der Waals surface area (Å²) in [5.74, 6) is -0.478. The van der Waals surface area contributed by atoms with Gasteiger partial charge in [-0.15, -0.1) is 0 Å². The number of benzene rings is 2. The molecule has 0 saturated heterocycles. The molecule has 0 aliphatic carbocycles. The zero-order valence-corrected chi connectivity index (χ0v) is 16.3. The molecule has 0 fully saturated rings. The molecule has 0 aliphatic heterocycles. The van der Waals surface area contributed by atoms with Crippen LogP contribution >= 0.6 is 11.6 Å². The number of nitrogens with zero attached hydrogens (tertiary/aromatic N) is 2. The van der Waals surface area contributed by atoms with E-state index in [4.69, 9.17) is 16.3 Å². The van der Waals surface area contributed by atoms with Crippen LogP contribution in [0.25, 0.3) is 0 Å². The molecule has 10 heteroatoms. The average molecular weight is 423 g/mol. The van der Waals surface area contributed by atoms with Gasteiger partial charge in [-0.2, -0.15) is 0 Å². The van der Waals surface area contributed by atoms with E-state index in [0.29, 0.717) is 5.69 Å². The van der Waals surface area contributed by atoms with Crippen LogP contribution < -0.4 is 14.8 Å². The Balaban J connectivity index is 1.84. The van der Waals surface area contributed by atoms with Crippen molar-refractivity contribution in [2.45, 2.75) is 11.4 Å². The van der Waals surface area contributed by atoms with Gasteiger partial charge >= 0.3 is 6.01 Å². The van der Waals surface area contributed by atoms with Crippen molar-refractivity contribution in [3.05, 3.63) is 71.3 Å². The minimum atomic E-state index is -3.95. The minimum Gasteiger partial charge on any atom is -0.467 e. The van der Waals surface area contributed by atoms with Gasteiger partial charge in [0.25, 0.3) is 10.0 Å². The van der Waals surface area contributed by atoms with E-state index in [-0.39, 0.29) is 33.7 Å². The largest absolute Gasteiger partial charge is 0.467 e. The van der Waals surface area contributed by atoms with Gasteiger partial charge in [0.05, 0.1) is 30.9 Å². The monoisotopic (exact) mass is 422 g/mol. The maximum absolute atomic E-state index is 14.0. The maximum atomic E-state index is 14.0. The first kappa shape index (κ1) is 19.8. The number of hydrogen-bond acceptors (Lipinski definition) is 6. The zero-order valence-electron chi connectivity index (χ0n) is 14.7. The third-order valence-electron chi connectivity index (χ3n) is 3.76. The Labute approximate surface area is 166 Å². The minimum absolute atomic E-state index is 0.0155. The average Bonchev–Trinajstić information content (AvgIpc) is 2.68. The molecule has 2 N–H and O–H groups in total. The van der Waals surface area contributed by atoms with Gasteiger partial charge in [-0.25, -0.2) is 22.8 Å². The maximum Gasteiger partial charge on any atom is 0.316 e. The van der Waals surface area contributed by atoms with E-state index in [1.165, 1.54) is 37.7 Å². The number of hydrogen-bond donors (Lipinski definition) is 2. The highest BCUT2D eigenvalue weighted by Crippen LogP contribution is 2.26. The van der Waals surface area contributed by atoms with Crippen molar-refractivity contribution in [1.82, 2.24) is 9.97 Å². The van der Waals surface area contributed by atoms with Crippen molar-refractivity contribution in [2.24, 2.45) is 0 Å². The molecule has 0 atom stereocenters. The van der Waals surface area contributed by atoms with Crippen LogP contribution in [0.1, 0.15) is 5.56 Å². The van der Waals surface area contributed by atoms with Gasteiger partial charge in [0.1, 0.15) is 10.7 Å². The Morgan fingerprint density at radius 1 is 1.11 bits per heavy atom. The molecule has 146 valence electrons. The molecule has 1 aromatic heterocycles. The van der Waals surface area contributed by atoms with Gasteiger partial charge < -0.3 is 10.1 Å². The molecular formula is C18H16ClFN4O3S. The second kappa shape index (κ2) is 8.41. The van der Waals surface area contributed by atoms with Crippen LogP contribution in [0.3, 0.4) is 0 Å². The second-order valence-electron chi connectivity index (χ2n) is 5.61. The molecule has 2 aromatic carbocycles. The van der Waals surface area contributed by atoms with E-state index in [1.807, 2.05) is 0 Å². The van der Waals surface area contributed by atoms with E-state index in [1.54, 1.807) is 24.3 Å². The molecule has 28 heavy (non-hydrogen) atoms. The lowest BCUT2D eigenvalue weighted by Gasteiger charge is -2.14. The molecule has 0 amide bonds. The smallest absolute Gasteiger partial charge is 0.316 e. The Morgan fingerprint density at radius 2 is 1.82 bits per heavy atom. The highest BCUT2D eigenvalue weighted by atomic mass is 35.5. The van der Waals surface area contributed by atoms with E-state index < -0.39 is 15.8 Å². The molecule has 7 nitrogen and oxygen atoms in total. The Hall–Kier alpha value is -2.91. The molecule has 1 heterocycles. The summed E-state index contributed by atoms with van der Waals surface area (Å²) in [5.41, 5.74) is 0.712. The fourth-order valence-electron chi connectivity index (χ4n) is 2.42. The molecular weight excluding hydrogens is 407 g/mol. The van der Waals surface area contributed by atoms with Crippen molar-refractivity contribution in [2.75, 3.05) is 17.1 Å². The lowest BCUT2D eigenvalue weighted by atomic mass is 10.2. The van der Waals surface area contributed by atoms with Crippen molar-refractivity contribution >= 4 is 33.0 Å². The lowest BCUT2D eigenvalue weighted by molar-refractivity contribution is 0.380. The second-order valence-corrected chi connectivity index (χ2v) is 7.67. The highest BCUT2D eigenvalue weighted by molar-refractivity contribution is 7.92. The number of rotatable bonds is 7. The number of ether oxygens (including phenoxy) is 1. The first-order chi connectivity index (χ1) is 13.4. The third kappa shape index (κ3) is 4.49. The standard InChI is InChI=1S/C18H16ClFN4O3S/c1-27-18-22-9-12(10-23-18)24-28(25,26)17-8-3-2-7-16(17)21-11-13-14(19)5-4-6-15(13)20/h2-10,21,24H,11H2,1H3. The summed E-state index contributed by atoms with van der Waals surface area (Å²) in [5, 5.41) is 3.18. The normalized spacial score (nSPS) is 11.1. The summed E-state index contributed by atoms with van der Waals surface area (Å²) in [6.07, 6.45) is 2.58. The first-order valence-corrected chi connectivity index (χ1v) is 9.91. The number of para-hydroxylation sites is 1. The van der Waals surface area contributed by atoms with Crippen molar-refractivity contribution in [1.29, 1.82) is 0 Å². The van der Waals surface area contributed by atoms with Gasteiger partial charge in [-0.1, -0.05) is 29.8 Å². The van der Waals surface area contributed by atoms with Gasteiger partial charge in [0, 0.05) is 17.1 Å². The summed E-state index contributed by atoms with van der Waals surface area (Å²) >= 11 is 6.02. The molecule has 3 rings (SSSR count).